The molecule has 0 saturated carbocycles. The third kappa shape index (κ3) is 4.31. The van der Waals surface area contributed by atoms with Gasteiger partial charge in [-0.1, -0.05) is 42.5 Å². The summed E-state index contributed by atoms with van der Waals surface area (Å²) in [4.78, 5) is 23.1. The van der Waals surface area contributed by atoms with Gasteiger partial charge >= 0.3 is 5.97 Å². The second-order valence-corrected chi connectivity index (χ2v) is 5.20. The zero-order valence-corrected chi connectivity index (χ0v) is 13.1. The molecule has 120 valence electrons. The number of nitrogens with zero attached hydrogens (tertiary/aromatic N) is 1. The van der Waals surface area contributed by atoms with Crippen LogP contribution in [0.25, 0.3) is 6.08 Å². The molecule has 2 aromatic rings. The lowest BCUT2D eigenvalue weighted by Gasteiger charge is -2.13. The van der Waals surface area contributed by atoms with Gasteiger partial charge in [-0.15, -0.1) is 0 Å². The van der Waals surface area contributed by atoms with Crippen LogP contribution in [0.1, 0.15) is 34.5 Å². The van der Waals surface area contributed by atoms with Gasteiger partial charge in [-0.05, 0) is 36.3 Å². The standard InChI is InChI=1S/C19H16N2O3/c1-13(15-5-3-2-4-6-15)21-18(22)17(12-20)11-14-7-9-16(10-8-14)19(23)24/h2-11,13H,1H3,(H,21,22)(H,23,24)/b17-11+. The van der Waals surface area contributed by atoms with Crippen molar-refractivity contribution < 1.29 is 14.7 Å². The summed E-state index contributed by atoms with van der Waals surface area (Å²) >= 11 is 0. The van der Waals surface area contributed by atoms with E-state index in [1.807, 2.05) is 43.3 Å². The summed E-state index contributed by atoms with van der Waals surface area (Å²) in [5.74, 6) is -1.50. The predicted octanol–water partition coefficient (Wildman–Crippen LogP) is 3.17. The van der Waals surface area contributed by atoms with Crippen LogP contribution in [0.3, 0.4) is 0 Å². The fourth-order valence-electron chi connectivity index (χ4n) is 2.14. The molecule has 0 heterocycles. The van der Waals surface area contributed by atoms with Crippen molar-refractivity contribution in [3.05, 3.63) is 76.9 Å². The molecule has 0 spiro atoms. The smallest absolute Gasteiger partial charge is 0.335 e. The molecule has 2 aromatic carbocycles. The van der Waals surface area contributed by atoms with Crippen molar-refractivity contribution in [2.75, 3.05) is 0 Å². The van der Waals surface area contributed by atoms with Gasteiger partial charge in [0.25, 0.3) is 5.91 Å². The summed E-state index contributed by atoms with van der Waals surface area (Å²) in [5, 5.41) is 20.9. The quantitative estimate of drug-likeness (QED) is 0.654. The Morgan fingerprint density at radius 3 is 2.29 bits per heavy atom. The summed E-state index contributed by atoms with van der Waals surface area (Å²) in [7, 11) is 0. The molecule has 5 heteroatoms. The molecule has 2 rings (SSSR count). The minimum atomic E-state index is -1.03. The molecule has 0 aromatic heterocycles. The average Bonchev–Trinajstić information content (AvgIpc) is 2.60. The number of aromatic carboxylic acids is 1. The third-order valence-corrected chi connectivity index (χ3v) is 3.48. The fraction of sp³-hybridized carbons (Fsp3) is 0.105. The number of nitrogens with one attached hydrogen (secondary N) is 1. The number of carbonyl (C=O) groups is 2. The Morgan fingerprint density at radius 1 is 1.12 bits per heavy atom. The van der Waals surface area contributed by atoms with Crippen LogP contribution in [-0.2, 0) is 4.79 Å². The molecular formula is C19H16N2O3. The summed E-state index contributed by atoms with van der Waals surface area (Å²) in [6, 6.07) is 17.0. The minimum absolute atomic E-state index is 0.0409. The van der Waals surface area contributed by atoms with Crippen molar-refractivity contribution in [3.63, 3.8) is 0 Å². The van der Waals surface area contributed by atoms with Crippen molar-refractivity contribution in [1.82, 2.24) is 5.32 Å². The van der Waals surface area contributed by atoms with E-state index >= 15 is 0 Å². The Labute approximate surface area is 139 Å². The molecule has 0 radical (unpaired) electrons. The Morgan fingerprint density at radius 2 is 1.75 bits per heavy atom. The first-order valence-electron chi connectivity index (χ1n) is 7.32. The van der Waals surface area contributed by atoms with Crippen molar-refractivity contribution in [2.45, 2.75) is 13.0 Å². The van der Waals surface area contributed by atoms with E-state index in [1.54, 1.807) is 12.1 Å². The second kappa shape index (κ2) is 7.75. The van der Waals surface area contributed by atoms with Crippen molar-refractivity contribution in [3.8, 4) is 6.07 Å². The molecule has 0 aliphatic carbocycles. The van der Waals surface area contributed by atoms with E-state index in [9.17, 15) is 14.9 Å². The lowest BCUT2D eigenvalue weighted by molar-refractivity contribution is -0.117. The molecule has 2 N–H and O–H groups in total. The van der Waals surface area contributed by atoms with Crippen molar-refractivity contribution in [1.29, 1.82) is 5.26 Å². The Bertz CT molecular complexity index is 803. The molecule has 0 fully saturated rings. The highest BCUT2D eigenvalue weighted by Gasteiger charge is 2.13. The van der Waals surface area contributed by atoms with E-state index in [0.29, 0.717) is 5.56 Å². The van der Waals surface area contributed by atoms with E-state index in [1.165, 1.54) is 18.2 Å². The van der Waals surface area contributed by atoms with E-state index < -0.39 is 11.9 Å². The van der Waals surface area contributed by atoms with E-state index in [-0.39, 0.29) is 17.2 Å². The van der Waals surface area contributed by atoms with Gasteiger partial charge < -0.3 is 10.4 Å². The summed E-state index contributed by atoms with van der Waals surface area (Å²) in [6.07, 6.45) is 1.43. The number of nitriles is 1. The van der Waals surface area contributed by atoms with Gasteiger partial charge in [0, 0.05) is 0 Å². The van der Waals surface area contributed by atoms with Crippen LogP contribution in [0.15, 0.2) is 60.2 Å². The number of carbonyl (C=O) groups excluding carboxylic acids is 1. The van der Waals surface area contributed by atoms with Crippen LogP contribution in [0, 0.1) is 11.3 Å². The molecule has 0 aliphatic heterocycles. The maximum atomic E-state index is 12.2. The maximum Gasteiger partial charge on any atom is 0.335 e. The number of rotatable bonds is 5. The van der Waals surface area contributed by atoms with Crippen LogP contribution < -0.4 is 5.32 Å². The summed E-state index contributed by atoms with van der Waals surface area (Å²) in [5.41, 5.74) is 1.63. The highest BCUT2D eigenvalue weighted by atomic mass is 16.4. The lowest BCUT2D eigenvalue weighted by Crippen LogP contribution is -2.27. The fourth-order valence-corrected chi connectivity index (χ4v) is 2.14. The van der Waals surface area contributed by atoms with E-state index in [4.69, 9.17) is 5.11 Å². The Kier molecular flexibility index (Phi) is 5.48. The van der Waals surface area contributed by atoms with Crippen LogP contribution in [-0.4, -0.2) is 17.0 Å². The monoisotopic (exact) mass is 320 g/mol. The van der Waals surface area contributed by atoms with Crippen molar-refractivity contribution in [2.24, 2.45) is 0 Å². The lowest BCUT2D eigenvalue weighted by atomic mass is 10.1. The molecule has 5 nitrogen and oxygen atoms in total. The Balaban J connectivity index is 2.13. The highest BCUT2D eigenvalue weighted by Crippen LogP contribution is 2.14. The zero-order chi connectivity index (χ0) is 17.5. The largest absolute Gasteiger partial charge is 0.478 e. The third-order valence-electron chi connectivity index (χ3n) is 3.48. The normalized spacial score (nSPS) is 12.1. The van der Waals surface area contributed by atoms with Crippen LogP contribution in [0.5, 0.6) is 0 Å². The topological polar surface area (TPSA) is 90.2 Å². The van der Waals surface area contributed by atoms with Gasteiger partial charge in [0.05, 0.1) is 11.6 Å². The maximum absolute atomic E-state index is 12.2. The second-order valence-electron chi connectivity index (χ2n) is 5.20. The molecule has 0 saturated heterocycles. The van der Waals surface area contributed by atoms with Gasteiger partial charge in [0.1, 0.15) is 11.6 Å². The first kappa shape index (κ1) is 17.0. The number of benzene rings is 2. The molecule has 1 unspecified atom stereocenters. The highest BCUT2D eigenvalue weighted by molar-refractivity contribution is 6.02. The Hall–Kier alpha value is -3.39. The molecule has 1 atom stereocenters. The van der Waals surface area contributed by atoms with Crippen LogP contribution in [0.2, 0.25) is 0 Å². The first-order chi connectivity index (χ1) is 11.5. The van der Waals surface area contributed by atoms with E-state index in [2.05, 4.69) is 5.32 Å². The van der Waals surface area contributed by atoms with Gasteiger partial charge in [-0.2, -0.15) is 5.26 Å². The molecule has 24 heavy (non-hydrogen) atoms. The van der Waals surface area contributed by atoms with Crippen LogP contribution in [0.4, 0.5) is 0 Å². The van der Waals surface area contributed by atoms with Gasteiger partial charge in [-0.25, -0.2) is 4.79 Å². The zero-order valence-electron chi connectivity index (χ0n) is 13.1. The molecule has 0 aliphatic rings. The number of carboxylic acid groups (broad SMARTS) is 1. The number of hydrogen-bond acceptors (Lipinski definition) is 3. The van der Waals surface area contributed by atoms with Crippen molar-refractivity contribution >= 4 is 18.0 Å². The van der Waals surface area contributed by atoms with Crippen LogP contribution >= 0.6 is 0 Å². The number of hydrogen-bond donors (Lipinski definition) is 2. The van der Waals surface area contributed by atoms with Gasteiger partial charge in [0.15, 0.2) is 0 Å². The minimum Gasteiger partial charge on any atom is -0.478 e. The summed E-state index contributed by atoms with van der Waals surface area (Å²) < 4.78 is 0. The van der Waals surface area contributed by atoms with Gasteiger partial charge in [0.2, 0.25) is 0 Å². The van der Waals surface area contributed by atoms with E-state index in [0.717, 1.165) is 5.56 Å². The molecule has 0 bridgehead atoms. The predicted molar refractivity (Wildman–Crippen MR) is 90.0 cm³/mol. The average molecular weight is 320 g/mol. The summed E-state index contributed by atoms with van der Waals surface area (Å²) in [6.45, 7) is 1.84. The molecular weight excluding hydrogens is 304 g/mol. The first-order valence-corrected chi connectivity index (χ1v) is 7.32. The SMILES string of the molecule is CC(NC(=O)/C(C#N)=C/c1ccc(C(=O)O)cc1)c1ccccc1. The number of amides is 1. The number of carboxylic acids is 1. The van der Waals surface area contributed by atoms with Gasteiger partial charge in [-0.3, -0.25) is 4.79 Å². The molecule has 1 amide bonds.